The molecule has 0 rings (SSSR count). The molecule has 0 aromatic carbocycles. The Morgan fingerprint density at radius 3 is 1.77 bits per heavy atom. The van der Waals surface area contributed by atoms with Crippen LogP contribution < -0.4 is 0 Å². The second-order valence-electron chi connectivity index (χ2n) is 3.02. The number of methoxy groups -OCH3 is 1. The fourth-order valence-corrected chi connectivity index (χ4v) is 1.34. The van der Waals surface area contributed by atoms with Gasteiger partial charge in [-0.15, -0.1) is 0 Å². The highest BCUT2D eigenvalue weighted by Gasteiger charge is 2.24. The van der Waals surface area contributed by atoms with Crippen molar-refractivity contribution >= 4 is 5.97 Å². The third kappa shape index (κ3) is 4.24. The monoisotopic (exact) mass is 192 g/mol. The number of nitrogens with zero attached hydrogens (tertiary/aromatic N) is 1. The number of ether oxygens (including phenoxy) is 1. The van der Waals surface area contributed by atoms with Gasteiger partial charge < -0.3 is 14.7 Å². The molecule has 0 radical (unpaired) electrons. The summed E-state index contributed by atoms with van der Waals surface area (Å²) in [6.07, 6.45) is 0. The smallest absolute Gasteiger partial charge is 0.361 e. The first-order valence-corrected chi connectivity index (χ1v) is 4.56. The molecular weight excluding hydrogens is 170 g/mol. The molecule has 0 fully saturated rings. The minimum atomic E-state index is -0.111. The Morgan fingerprint density at radius 1 is 1.15 bits per heavy atom. The van der Waals surface area contributed by atoms with Gasteiger partial charge in [-0.2, -0.15) is 0 Å². The summed E-state index contributed by atoms with van der Waals surface area (Å²) in [7, 11) is 1.44. The van der Waals surface area contributed by atoms with Gasteiger partial charge in [0.25, 0.3) is 0 Å². The molecule has 0 unspecified atom stereocenters. The van der Waals surface area contributed by atoms with E-state index in [2.05, 4.69) is 25.5 Å². The molecule has 0 aromatic heterocycles. The van der Waals surface area contributed by atoms with E-state index >= 15 is 0 Å². The van der Waals surface area contributed by atoms with Crippen molar-refractivity contribution < 1.29 is 19.5 Å². The first-order chi connectivity index (χ1) is 5.64. The highest BCUT2D eigenvalue weighted by molar-refractivity contribution is 5.70. The Bertz CT molecular complexity index is 136. The molecule has 13 heavy (non-hydrogen) atoms. The Labute approximate surface area is 80.4 Å². The molecule has 4 heteroatoms. The molecule has 0 aliphatic carbocycles. The summed E-state index contributed by atoms with van der Waals surface area (Å²) in [5.41, 5.74) is 0. The van der Waals surface area contributed by atoms with E-state index in [1.54, 1.807) is 0 Å². The van der Waals surface area contributed by atoms with Crippen molar-refractivity contribution in [3.8, 4) is 0 Å². The Hall–Kier alpha value is -0.610. The van der Waals surface area contributed by atoms with Gasteiger partial charge >= 0.3 is 5.97 Å². The number of likely N-dealkylation sites (N-methyl/N-ethyl adjacent to an activating group) is 1. The molecule has 0 saturated heterocycles. The van der Waals surface area contributed by atoms with E-state index in [0.29, 0.717) is 6.54 Å². The van der Waals surface area contributed by atoms with Crippen LogP contribution in [0.5, 0.6) is 0 Å². The summed E-state index contributed by atoms with van der Waals surface area (Å²) < 4.78 is 5.48. The molecule has 80 valence electrons. The molecule has 0 aliphatic rings. The van der Waals surface area contributed by atoms with E-state index in [-0.39, 0.29) is 11.4 Å². The quantitative estimate of drug-likeness (QED) is 0.462. The van der Waals surface area contributed by atoms with E-state index in [4.69, 9.17) is 0 Å². The van der Waals surface area contributed by atoms with Crippen molar-refractivity contribution in [3.63, 3.8) is 0 Å². The van der Waals surface area contributed by atoms with Crippen LogP contribution in [-0.2, 0) is 9.53 Å². The Kier molecular flexibility index (Phi) is 7.85. The van der Waals surface area contributed by atoms with Crippen LogP contribution in [0.15, 0.2) is 0 Å². The van der Waals surface area contributed by atoms with E-state index in [9.17, 15) is 4.79 Å². The van der Waals surface area contributed by atoms with Gasteiger partial charge in [-0.1, -0.05) is 0 Å². The van der Waals surface area contributed by atoms with Gasteiger partial charge in [-0.05, 0) is 20.8 Å². The molecule has 0 saturated carbocycles. The van der Waals surface area contributed by atoms with Gasteiger partial charge in [-0.3, -0.25) is 0 Å². The normalized spacial score (nSPS) is 10.5. The SMILES string of the molecule is CC[N+](CC)(CC)CC(=O)OC.O. The molecule has 0 heterocycles. The van der Waals surface area contributed by atoms with Crippen molar-refractivity contribution in [2.75, 3.05) is 33.3 Å². The molecular formula is C9H22NO3+. The minimum absolute atomic E-state index is 0. The molecule has 4 nitrogen and oxygen atoms in total. The number of esters is 1. The summed E-state index contributed by atoms with van der Waals surface area (Å²) in [5.74, 6) is -0.111. The van der Waals surface area contributed by atoms with Crippen LogP contribution in [0.25, 0.3) is 0 Å². The summed E-state index contributed by atoms with van der Waals surface area (Å²) in [6, 6.07) is 0. The molecule has 0 bridgehead atoms. The van der Waals surface area contributed by atoms with Crippen LogP contribution in [0.4, 0.5) is 0 Å². The van der Waals surface area contributed by atoms with E-state index < -0.39 is 0 Å². The van der Waals surface area contributed by atoms with Crippen LogP contribution in [0.1, 0.15) is 20.8 Å². The second-order valence-corrected chi connectivity index (χ2v) is 3.02. The summed E-state index contributed by atoms with van der Waals surface area (Å²) in [6.45, 7) is 9.79. The third-order valence-corrected chi connectivity index (χ3v) is 2.70. The molecule has 2 N–H and O–H groups in total. The predicted molar refractivity (Wildman–Crippen MR) is 52.4 cm³/mol. The van der Waals surface area contributed by atoms with E-state index in [1.807, 2.05) is 0 Å². The number of hydrogen-bond donors (Lipinski definition) is 0. The summed E-state index contributed by atoms with van der Waals surface area (Å²) in [4.78, 5) is 11.1. The number of carbonyl (C=O) groups excluding carboxylic acids is 1. The van der Waals surface area contributed by atoms with Gasteiger partial charge in [0.2, 0.25) is 0 Å². The van der Waals surface area contributed by atoms with Gasteiger partial charge in [-0.25, -0.2) is 4.79 Å². The van der Waals surface area contributed by atoms with E-state index in [1.165, 1.54) is 7.11 Å². The zero-order chi connectivity index (χ0) is 9.61. The van der Waals surface area contributed by atoms with Crippen molar-refractivity contribution in [1.29, 1.82) is 0 Å². The molecule has 0 spiro atoms. The van der Waals surface area contributed by atoms with Crippen molar-refractivity contribution in [2.45, 2.75) is 20.8 Å². The number of rotatable bonds is 5. The molecule has 0 aromatic rings. The maximum atomic E-state index is 11.1. The third-order valence-electron chi connectivity index (χ3n) is 2.70. The maximum Gasteiger partial charge on any atom is 0.361 e. The topological polar surface area (TPSA) is 57.8 Å². The molecule has 0 aliphatic heterocycles. The van der Waals surface area contributed by atoms with Crippen LogP contribution in [0.2, 0.25) is 0 Å². The zero-order valence-corrected chi connectivity index (χ0v) is 9.09. The lowest BCUT2D eigenvalue weighted by molar-refractivity contribution is -0.916. The van der Waals surface area contributed by atoms with Crippen molar-refractivity contribution in [1.82, 2.24) is 0 Å². The predicted octanol–water partition coefficient (Wildman–Crippen LogP) is 0.211. The van der Waals surface area contributed by atoms with Gasteiger partial charge in [0.1, 0.15) is 0 Å². The average molecular weight is 192 g/mol. The lowest BCUT2D eigenvalue weighted by Gasteiger charge is -2.34. The lowest BCUT2D eigenvalue weighted by Crippen LogP contribution is -2.50. The van der Waals surface area contributed by atoms with Gasteiger partial charge in [0.15, 0.2) is 6.54 Å². The average Bonchev–Trinajstić information content (AvgIpc) is 2.14. The maximum absolute atomic E-state index is 11.1. The zero-order valence-electron chi connectivity index (χ0n) is 9.09. The van der Waals surface area contributed by atoms with E-state index in [0.717, 1.165) is 24.1 Å². The standard InChI is InChI=1S/C9H20NO2.H2O/c1-5-10(6-2,7-3)8-9(11)12-4;/h5-8H2,1-4H3;1H2/q+1;. The first kappa shape index (κ1) is 14.9. The number of hydrogen-bond acceptors (Lipinski definition) is 2. The number of quaternary nitrogens is 1. The van der Waals surface area contributed by atoms with Gasteiger partial charge in [0, 0.05) is 0 Å². The first-order valence-electron chi connectivity index (χ1n) is 4.56. The Balaban J connectivity index is 0. The highest BCUT2D eigenvalue weighted by atomic mass is 16.5. The van der Waals surface area contributed by atoms with Crippen LogP contribution in [0.3, 0.4) is 0 Å². The Morgan fingerprint density at radius 2 is 1.54 bits per heavy atom. The minimum Gasteiger partial charge on any atom is -0.465 e. The summed E-state index contributed by atoms with van der Waals surface area (Å²) in [5, 5.41) is 0. The largest absolute Gasteiger partial charge is 0.465 e. The molecule has 0 atom stereocenters. The highest BCUT2D eigenvalue weighted by Crippen LogP contribution is 2.05. The van der Waals surface area contributed by atoms with Crippen molar-refractivity contribution in [3.05, 3.63) is 0 Å². The van der Waals surface area contributed by atoms with Crippen LogP contribution >= 0.6 is 0 Å². The number of carbonyl (C=O) groups is 1. The lowest BCUT2D eigenvalue weighted by atomic mass is 10.3. The van der Waals surface area contributed by atoms with Crippen LogP contribution in [0, 0.1) is 0 Å². The second kappa shape index (κ2) is 6.86. The fourth-order valence-electron chi connectivity index (χ4n) is 1.34. The molecule has 0 amide bonds. The van der Waals surface area contributed by atoms with Gasteiger partial charge in [0.05, 0.1) is 26.7 Å². The fraction of sp³-hybridized carbons (Fsp3) is 0.889. The van der Waals surface area contributed by atoms with Crippen LogP contribution in [-0.4, -0.2) is 49.2 Å². The summed E-state index contributed by atoms with van der Waals surface area (Å²) >= 11 is 0. The van der Waals surface area contributed by atoms with Crippen molar-refractivity contribution in [2.24, 2.45) is 0 Å².